The molecule has 1 heterocycles. The predicted molar refractivity (Wildman–Crippen MR) is 35.4 cm³/mol. The Hall–Kier alpha value is -1.32. The number of alkyl carbamates (subject to hydrolysis) is 1. The van der Waals surface area contributed by atoms with Gasteiger partial charge in [-0.1, -0.05) is 0 Å². The molecule has 1 N–H and O–H groups in total. The zero-order valence-electron chi connectivity index (χ0n) is 5.79. The molecular weight excluding hydrogens is 146 g/mol. The summed E-state index contributed by atoms with van der Waals surface area (Å²) in [6, 6.07) is 0. The summed E-state index contributed by atoms with van der Waals surface area (Å²) in [5.41, 5.74) is 0. The van der Waals surface area contributed by atoms with E-state index in [4.69, 9.17) is 4.74 Å². The fourth-order valence-corrected chi connectivity index (χ4v) is 1.37. The van der Waals surface area contributed by atoms with Gasteiger partial charge in [0, 0.05) is 0 Å². The lowest BCUT2D eigenvalue weighted by atomic mass is 10.1. The van der Waals surface area contributed by atoms with E-state index in [1.807, 2.05) is 0 Å². The van der Waals surface area contributed by atoms with E-state index in [0.29, 0.717) is 5.76 Å². The number of ether oxygens (including phenoxy) is 1. The van der Waals surface area contributed by atoms with Crippen molar-refractivity contribution < 1.29 is 14.3 Å². The molecular formula is C7H7NO3. The summed E-state index contributed by atoms with van der Waals surface area (Å²) in [7, 11) is 0. The lowest BCUT2D eigenvalue weighted by Gasteiger charge is -2.19. The number of fused-ring (bicyclic) bond motifs is 1. The lowest BCUT2D eigenvalue weighted by Crippen LogP contribution is -2.41. The number of hydrogen-bond donors (Lipinski definition) is 1. The van der Waals surface area contributed by atoms with Gasteiger partial charge in [-0.05, 0) is 18.9 Å². The highest BCUT2D eigenvalue weighted by Gasteiger charge is 2.35. The number of allylic oxidation sites excluding steroid dienone is 1. The molecule has 0 aromatic carbocycles. The van der Waals surface area contributed by atoms with Crippen molar-refractivity contribution in [3.8, 4) is 0 Å². The largest absolute Gasteiger partial charge is 0.419 e. The highest BCUT2D eigenvalue weighted by atomic mass is 16.6. The Bertz CT molecular complexity index is 256. The van der Waals surface area contributed by atoms with E-state index >= 15 is 0 Å². The number of imide groups is 1. The first-order valence-electron chi connectivity index (χ1n) is 3.50. The molecule has 11 heavy (non-hydrogen) atoms. The van der Waals surface area contributed by atoms with Crippen molar-refractivity contribution in [1.82, 2.24) is 5.32 Å². The van der Waals surface area contributed by atoms with Crippen LogP contribution in [0.3, 0.4) is 0 Å². The van der Waals surface area contributed by atoms with E-state index in [0.717, 1.165) is 12.8 Å². The zero-order valence-corrected chi connectivity index (χ0v) is 5.79. The molecule has 1 aliphatic heterocycles. The van der Waals surface area contributed by atoms with Crippen LogP contribution in [0.4, 0.5) is 4.79 Å². The van der Waals surface area contributed by atoms with E-state index in [9.17, 15) is 9.59 Å². The number of carbonyl (C=O) groups is 2. The quantitative estimate of drug-likeness (QED) is 0.552. The van der Waals surface area contributed by atoms with Crippen molar-refractivity contribution in [3.63, 3.8) is 0 Å². The molecule has 58 valence electrons. The molecule has 1 aliphatic carbocycles. The van der Waals surface area contributed by atoms with Gasteiger partial charge >= 0.3 is 6.09 Å². The van der Waals surface area contributed by atoms with Crippen LogP contribution in [0, 0.1) is 5.92 Å². The summed E-state index contributed by atoms with van der Waals surface area (Å²) in [4.78, 5) is 21.7. The van der Waals surface area contributed by atoms with Gasteiger partial charge in [-0.2, -0.15) is 0 Å². The van der Waals surface area contributed by atoms with Crippen LogP contribution in [-0.2, 0) is 9.53 Å². The molecule has 0 saturated carbocycles. The van der Waals surface area contributed by atoms with Crippen molar-refractivity contribution in [2.24, 2.45) is 5.92 Å². The first kappa shape index (κ1) is 6.39. The smallest absolute Gasteiger partial charge is 0.414 e. The Morgan fingerprint density at radius 2 is 2.36 bits per heavy atom. The van der Waals surface area contributed by atoms with Crippen LogP contribution in [0.25, 0.3) is 0 Å². The normalized spacial score (nSPS) is 28.7. The number of rotatable bonds is 0. The molecule has 1 fully saturated rings. The predicted octanol–water partition coefficient (Wildman–Crippen LogP) is 0.547. The zero-order chi connectivity index (χ0) is 7.84. The van der Waals surface area contributed by atoms with E-state index in [1.165, 1.54) is 0 Å². The van der Waals surface area contributed by atoms with E-state index in [1.54, 1.807) is 6.08 Å². The maximum absolute atomic E-state index is 11.0. The molecule has 0 bridgehead atoms. The van der Waals surface area contributed by atoms with Crippen molar-refractivity contribution >= 4 is 12.0 Å². The maximum atomic E-state index is 11.0. The van der Waals surface area contributed by atoms with Crippen LogP contribution in [-0.4, -0.2) is 12.0 Å². The van der Waals surface area contributed by atoms with Gasteiger partial charge in [0.05, 0.1) is 5.92 Å². The first-order chi connectivity index (χ1) is 5.27. The van der Waals surface area contributed by atoms with Crippen molar-refractivity contribution in [3.05, 3.63) is 11.8 Å². The van der Waals surface area contributed by atoms with Gasteiger partial charge in [-0.3, -0.25) is 10.1 Å². The van der Waals surface area contributed by atoms with Crippen LogP contribution in [0.15, 0.2) is 11.8 Å². The van der Waals surface area contributed by atoms with Crippen LogP contribution >= 0.6 is 0 Å². The summed E-state index contributed by atoms with van der Waals surface area (Å²) in [6.45, 7) is 0. The molecule has 0 spiro atoms. The van der Waals surface area contributed by atoms with Crippen molar-refractivity contribution in [2.75, 3.05) is 0 Å². The first-order valence-corrected chi connectivity index (χ1v) is 3.50. The molecule has 1 saturated heterocycles. The Labute approximate surface area is 63.2 Å². The molecule has 1 unspecified atom stereocenters. The summed E-state index contributed by atoms with van der Waals surface area (Å²) < 4.78 is 4.77. The fraction of sp³-hybridized carbons (Fsp3) is 0.429. The summed E-state index contributed by atoms with van der Waals surface area (Å²) >= 11 is 0. The molecule has 0 aromatic heterocycles. The van der Waals surface area contributed by atoms with Crippen LogP contribution in [0.1, 0.15) is 12.8 Å². The van der Waals surface area contributed by atoms with Gasteiger partial charge in [0.1, 0.15) is 5.76 Å². The average Bonchev–Trinajstić information content (AvgIpc) is 2.34. The molecule has 2 rings (SSSR count). The molecule has 0 aromatic rings. The minimum atomic E-state index is -0.653. The number of nitrogens with one attached hydrogen (secondary N) is 1. The number of amides is 2. The summed E-state index contributed by atoms with van der Waals surface area (Å²) in [5, 5.41) is 2.11. The molecule has 1 atom stereocenters. The molecule has 2 aliphatic rings. The second kappa shape index (κ2) is 2.08. The summed E-state index contributed by atoms with van der Waals surface area (Å²) in [5.74, 6) is 0.0800. The topological polar surface area (TPSA) is 55.4 Å². The Morgan fingerprint density at radius 1 is 1.55 bits per heavy atom. The summed E-state index contributed by atoms with van der Waals surface area (Å²) in [6.07, 6.45) is 2.72. The Morgan fingerprint density at radius 3 is 3.18 bits per heavy atom. The van der Waals surface area contributed by atoms with Gasteiger partial charge < -0.3 is 4.74 Å². The van der Waals surface area contributed by atoms with Crippen molar-refractivity contribution in [2.45, 2.75) is 12.8 Å². The molecule has 0 radical (unpaired) electrons. The SMILES string of the molecule is O=C1NC(=O)C2CCC=C2O1. The minimum absolute atomic E-state index is 0.215. The highest BCUT2D eigenvalue weighted by molar-refractivity contribution is 5.97. The second-order valence-corrected chi connectivity index (χ2v) is 2.62. The van der Waals surface area contributed by atoms with Gasteiger partial charge in [0.15, 0.2) is 0 Å². The molecule has 2 amide bonds. The number of hydrogen-bond acceptors (Lipinski definition) is 3. The average molecular weight is 153 g/mol. The monoisotopic (exact) mass is 153 g/mol. The Kier molecular flexibility index (Phi) is 1.21. The Balaban J connectivity index is 2.26. The third-order valence-electron chi connectivity index (χ3n) is 1.90. The molecule has 4 heteroatoms. The standard InChI is InChI=1S/C7H7NO3/c9-6-4-2-1-3-5(4)11-7(10)8-6/h3-4H,1-2H2,(H,8,9,10). The van der Waals surface area contributed by atoms with Gasteiger partial charge in [0.25, 0.3) is 0 Å². The fourth-order valence-electron chi connectivity index (χ4n) is 1.37. The minimum Gasteiger partial charge on any atom is -0.414 e. The van der Waals surface area contributed by atoms with E-state index in [2.05, 4.69) is 5.32 Å². The van der Waals surface area contributed by atoms with Crippen LogP contribution in [0.5, 0.6) is 0 Å². The third kappa shape index (κ3) is 0.906. The van der Waals surface area contributed by atoms with E-state index < -0.39 is 6.09 Å². The van der Waals surface area contributed by atoms with Crippen LogP contribution in [0.2, 0.25) is 0 Å². The third-order valence-corrected chi connectivity index (χ3v) is 1.90. The van der Waals surface area contributed by atoms with Gasteiger partial charge in [-0.25, -0.2) is 4.79 Å². The maximum Gasteiger partial charge on any atom is 0.419 e. The lowest BCUT2D eigenvalue weighted by molar-refractivity contribution is -0.125. The van der Waals surface area contributed by atoms with Gasteiger partial charge in [0.2, 0.25) is 5.91 Å². The molecule has 4 nitrogen and oxygen atoms in total. The van der Waals surface area contributed by atoms with Gasteiger partial charge in [-0.15, -0.1) is 0 Å². The van der Waals surface area contributed by atoms with E-state index in [-0.39, 0.29) is 11.8 Å². The highest BCUT2D eigenvalue weighted by Crippen LogP contribution is 2.29. The van der Waals surface area contributed by atoms with Crippen LogP contribution < -0.4 is 5.32 Å². The number of carbonyl (C=O) groups excluding carboxylic acids is 2. The van der Waals surface area contributed by atoms with Crippen molar-refractivity contribution in [1.29, 1.82) is 0 Å². The second-order valence-electron chi connectivity index (χ2n) is 2.62.